The molecule has 4 heteroatoms. The van der Waals surface area contributed by atoms with Crippen LogP contribution >= 0.6 is 11.6 Å². The van der Waals surface area contributed by atoms with Crippen LogP contribution in [0.1, 0.15) is 24.8 Å². The van der Waals surface area contributed by atoms with Gasteiger partial charge in [0.25, 0.3) is 5.91 Å². The first kappa shape index (κ1) is 12.7. The highest BCUT2D eigenvalue weighted by Crippen LogP contribution is 2.27. The average Bonchev–Trinajstić information content (AvgIpc) is 2.82. The molecule has 18 heavy (non-hydrogen) atoms. The van der Waals surface area contributed by atoms with E-state index < -0.39 is 0 Å². The fourth-order valence-corrected chi connectivity index (χ4v) is 2.18. The number of carbonyl (C=O) groups excluding carboxylic acids is 1. The maximum Gasteiger partial charge on any atom is 0.252 e. The highest BCUT2D eigenvalue weighted by molar-refractivity contribution is 6.31. The molecule has 1 N–H and O–H groups in total. The summed E-state index contributed by atoms with van der Waals surface area (Å²) in [5.74, 6) is -0.191. The highest BCUT2D eigenvalue weighted by atomic mass is 35.5. The Morgan fingerprint density at radius 2 is 2.22 bits per heavy atom. The molecule has 1 aromatic carbocycles. The van der Waals surface area contributed by atoms with Gasteiger partial charge in [0.1, 0.15) is 0 Å². The van der Waals surface area contributed by atoms with Crippen molar-refractivity contribution in [3.63, 3.8) is 0 Å². The first-order valence-electron chi connectivity index (χ1n) is 5.81. The molecule has 0 saturated carbocycles. The minimum Gasteiger partial charge on any atom is -0.322 e. The molecule has 0 bridgehead atoms. The number of halogens is 1. The molecule has 2 rings (SSSR count). The largest absolute Gasteiger partial charge is 0.322 e. The van der Waals surface area contributed by atoms with Crippen LogP contribution in [0.3, 0.4) is 0 Å². The smallest absolute Gasteiger partial charge is 0.252 e. The van der Waals surface area contributed by atoms with Gasteiger partial charge < -0.3 is 5.32 Å². The van der Waals surface area contributed by atoms with Gasteiger partial charge in [-0.1, -0.05) is 17.7 Å². The van der Waals surface area contributed by atoms with Crippen molar-refractivity contribution in [3.8, 4) is 6.07 Å². The lowest BCUT2D eigenvalue weighted by Gasteiger charge is -2.07. The molecule has 0 heterocycles. The van der Waals surface area contributed by atoms with Gasteiger partial charge in [0, 0.05) is 21.9 Å². The molecule has 0 saturated heterocycles. The zero-order valence-corrected chi connectivity index (χ0v) is 10.8. The second-order valence-electron chi connectivity index (χ2n) is 4.34. The normalized spacial score (nSPS) is 14.5. The first-order valence-corrected chi connectivity index (χ1v) is 6.19. The van der Waals surface area contributed by atoms with E-state index in [1.807, 2.05) is 13.0 Å². The van der Waals surface area contributed by atoms with Crippen LogP contribution < -0.4 is 5.32 Å². The Balaban J connectivity index is 2.17. The molecule has 0 aliphatic heterocycles. The Labute approximate surface area is 111 Å². The van der Waals surface area contributed by atoms with Crippen LogP contribution in [-0.4, -0.2) is 5.91 Å². The second kappa shape index (κ2) is 5.24. The number of nitrogens with one attached hydrogen (secondary N) is 1. The van der Waals surface area contributed by atoms with E-state index in [1.54, 1.807) is 12.1 Å². The third-order valence-corrected chi connectivity index (χ3v) is 3.46. The molecule has 0 fully saturated rings. The fourth-order valence-electron chi connectivity index (χ4n) is 1.99. The number of hydrogen-bond acceptors (Lipinski definition) is 2. The minimum absolute atomic E-state index is 0.191. The third-order valence-electron chi connectivity index (χ3n) is 3.06. The van der Waals surface area contributed by atoms with Gasteiger partial charge in [-0.2, -0.15) is 5.26 Å². The molecule has 3 nitrogen and oxygen atoms in total. The van der Waals surface area contributed by atoms with Crippen LogP contribution in [0, 0.1) is 18.3 Å². The molecule has 1 aliphatic carbocycles. The third kappa shape index (κ3) is 2.55. The van der Waals surface area contributed by atoms with Gasteiger partial charge in [0.2, 0.25) is 0 Å². The van der Waals surface area contributed by atoms with Gasteiger partial charge in [0.15, 0.2) is 0 Å². The topological polar surface area (TPSA) is 52.9 Å². The number of hydrogen-bond donors (Lipinski definition) is 1. The summed E-state index contributed by atoms with van der Waals surface area (Å²) in [4.78, 5) is 12.0. The van der Waals surface area contributed by atoms with E-state index >= 15 is 0 Å². The van der Waals surface area contributed by atoms with Crippen molar-refractivity contribution in [2.24, 2.45) is 0 Å². The standard InChI is InChI=1S/C14H13ClN2O/c1-9-5-6-11(7-13(9)15)17-14(18)12-4-2-3-10(12)8-16/h5-7H,2-4H2,1H3,(H,17,18). The highest BCUT2D eigenvalue weighted by Gasteiger charge is 2.20. The van der Waals surface area contributed by atoms with Crippen LogP contribution in [0.15, 0.2) is 29.3 Å². The molecule has 1 aromatic rings. The summed E-state index contributed by atoms with van der Waals surface area (Å²) < 4.78 is 0. The fraction of sp³-hybridized carbons (Fsp3) is 0.286. The van der Waals surface area contributed by atoms with Gasteiger partial charge in [-0.3, -0.25) is 4.79 Å². The van der Waals surface area contributed by atoms with E-state index in [0.29, 0.717) is 34.7 Å². The van der Waals surface area contributed by atoms with E-state index in [2.05, 4.69) is 11.4 Å². The van der Waals surface area contributed by atoms with Crippen LogP contribution in [-0.2, 0) is 4.79 Å². The van der Waals surface area contributed by atoms with Crippen molar-refractivity contribution in [2.75, 3.05) is 5.32 Å². The van der Waals surface area contributed by atoms with Crippen LogP contribution in [0.4, 0.5) is 5.69 Å². The molecule has 0 radical (unpaired) electrons. The monoisotopic (exact) mass is 260 g/mol. The average molecular weight is 261 g/mol. The number of nitriles is 1. The van der Waals surface area contributed by atoms with Crippen LogP contribution in [0.25, 0.3) is 0 Å². The summed E-state index contributed by atoms with van der Waals surface area (Å²) in [5, 5.41) is 12.3. The minimum atomic E-state index is -0.191. The maximum absolute atomic E-state index is 12.0. The van der Waals surface area contributed by atoms with Gasteiger partial charge >= 0.3 is 0 Å². The van der Waals surface area contributed by atoms with Crippen molar-refractivity contribution in [2.45, 2.75) is 26.2 Å². The SMILES string of the molecule is Cc1ccc(NC(=O)C2=C(C#N)CCC2)cc1Cl. The molecular weight excluding hydrogens is 248 g/mol. The second-order valence-corrected chi connectivity index (χ2v) is 4.75. The Bertz CT molecular complexity index is 570. The van der Waals surface area contributed by atoms with Crippen molar-refractivity contribution in [1.82, 2.24) is 0 Å². The lowest BCUT2D eigenvalue weighted by Crippen LogP contribution is -2.14. The molecule has 1 aliphatic rings. The Kier molecular flexibility index (Phi) is 3.69. The number of allylic oxidation sites excluding steroid dienone is 1. The van der Waals surface area contributed by atoms with E-state index in [-0.39, 0.29) is 5.91 Å². The predicted octanol–water partition coefficient (Wildman–Crippen LogP) is 3.59. The summed E-state index contributed by atoms with van der Waals surface area (Å²) in [6.45, 7) is 1.90. The van der Waals surface area contributed by atoms with Crippen LogP contribution in [0.5, 0.6) is 0 Å². The van der Waals surface area contributed by atoms with Crippen molar-refractivity contribution >= 4 is 23.2 Å². The molecule has 92 valence electrons. The summed E-state index contributed by atoms with van der Waals surface area (Å²) in [6.07, 6.45) is 2.25. The quantitative estimate of drug-likeness (QED) is 0.883. The summed E-state index contributed by atoms with van der Waals surface area (Å²) in [6, 6.07) is 7.47. The van der Waals surface area contributed by atoms with Crippen molar-refractivity contribution < 1.29 is 4.79 Å². The zero-order chi connectivity index (χ0) is 13.1. The number of rotatable bonds is 2. The predicted molar refractivity (Wildman–Crippen MR) is 71.3 cm³/mol. The lowest BCUT2D eigenvalue weighted by molar-refractivity contribution is -0.112. The number of nitrogens with zero attached hydrogens (tertiary/aromatic N) is 1. The molecular formula is C14H13ClN2O. The van der Waals surface area contributed by atoms with E-state index in [1.165, 1.54) is 0 Å². The molecule has 0 atom stereocenters. The number of aryl methyl sites for hydroxylation is 1. The van der Waals surface area contributed by atoms with E-state index in [9.17, 15) is 4.79 Å². The van der Waals surface area contributed by atoms with Crippen LogP contribution in [0.2, 0.25) is 5.02 Å². The van der Waals surface area contributed by atoms with Crippen molar-refractivity contribution in [3.05, 3.63) is 39.9 Å². The molecule has 1 amide bonds. The molecule has 0 unspecified atom stereocenters. The Hall–Kier alpha value is -1.79. The first-order chi connectivity index (χ1) is 8.61. The van der Waals surface area contributed by atoms with Gasteiger partial charge in [-0.15, -0.1) is 0 Å². The number of amides is 1. The molecule has 0 spiro atoms. The van der Waals surface area contributed by atoms with Crippen molar-refractivity contribution in [1.29, 1.82) is 5.26 Å². The van der Waals surface area contributed by atoms with Gasteiger partial charge in [-0.05, 0) is 43.9 Å². The van der Waals surface area contributed by atoms with E-state index in [4.69, 9.17) is 16.9 Å². The number of benzene rings is 1. The summed E-state index contributed by atoms with van der Waals surface area (Å²) in [5.41, 5.74) is 2.83. The van der Waals surface area contributed by atoms with E-state index in [0.717, 1.165) is 12.0 Å². The zero-order valence-electron chi connectivity index (χ0n) is 10.1. The van der Waals surface area contributed by atoms with Gasteiger partial charge in [0.05, 0.1) is 6.07 Å². The van der Waals surface area contributed by atoms with Gasteiger partial charge in [-0.25, -0.2) is 0 Å². The Morgan fingerprint density at radius 1 is 1.44 bits per heavy atom. The number of carbonyl (C=O) groups is 1. The number of anilines is 1. The summed E-state index contributed by atoms with van der Waals surface area (Å²) in [7, 11) is 0. The lowest BCUT2D eigenvalue weighted by atomic mass is 10.1. The molecule has 0 aromatic heterocycles. The summed E-state index contributed by atoms with van der Waals surface area (Å²) >= 11 is 6.00. The maximum atomic E-state index is 12.0. The Morgan fingerprint density at radius 3 is 2.89 bits per heavy atom.